The standard InChI is InChI=1S/C34H45ClFNO3/c1-5-17-37(4)21-33(40)14-11-29-31(33,3)13-10-28-30(2)12-9-22(38)19-32(30)15-16-34(28,29)24(20-32)27(39)18-23-25(35)7-6-8-26(23)36/h6-8,15-16,20,22,28-29,38,40H,5,9-14,17-19,21H2,1-4H3/t22?,28-,29-,30-,31+,32+,33-,34-/m1/s1. The number of ketones is 1. The van der Waals surface area contributed by atoms with Crippen LogP contribution in [0.25, 0.3) is 0 Å². The Balaban J connectivity index is 1.48. The Bertz CT molecular complexity index is 1260. The number of aliphatic hydroxyl groups is 2. The van der Waals surface area contributed by atoms with E-state index in [1.807, 2.05) is 0 Å². The smallest absolute Gasteiger partial charge is 0.164 e. The fraction of sp³-hybridized carbons (Fsp3) is 0.676. The maximum absolute atomic E-state index is 14.9. The van der Waals surface area contributed by atoms with Gasteiger partial charge in [0.1, 0.15) is 5.82 Å². The average Bonchev–Trinajstić information content (AvgIpc) is 3.16. The molecule has 0 aromatic heterocycles. The molecule has 0 heterocycles. The van der Waals surface area contributed by atoms with Crippen molar-refractivity contribution in [1.29, 1.82) is 0 Å². The van der Waals surface area contributed by atoms with Gasteiger partial charge in [-0.3, -0.25) is 4.79 Å². The molecule has 6 heteroatoms. The molecule has 7 rings (SSSR count). The first-order valence-electron chi connectivity index (χ1n) is 15.3. The van der Waals surface area contributed by atoms with Crippen molar-refractivity contribution in [2.45, 2.75) is 90.3 Å². The van der Waals surface area contributed by atoms with Crippen molar-refractivity contribution >= 4 is 17.4 Å². The molecular weight excluding hydrogens is 525 g/mol. The number of aliphatic hydroxyl groups excluding tert-OH is 1. The molecule has 6 aliphatic rings. The van der Waals surface area contributed by atoms with Crippen LogP contribution in [0.3, 0.4) is 0 Å². The minimum Gasteiger partial charge on any atom is -0.393 e. The molecule has 2 N–H and O–H groups in total. The van der Waals surface area contributed by atoms with E-state index in [4.69, 9.17) is 11.6 Å². The van der Waals surface area contributed by atoms with Crippen LogP contribution in [0.4, 0.5) is 4.39 Å². The highest BCUT2D eigenvalue weighted by Gasteiger charge is 2.74. The van der Waals surface area contributed by atoms with Crippen molar-refractivity contribution in [2.75, 3.05) is 20.1 Å². The molecule has 2 bridgehead atoms. The van der Waals surface area contributed by atoms with Crippen LogP contribution in [-0.2, 0) is 11.2 Å². The van der Waals surface area contributed by atoms with Crippen LogP contribution in [-0.4, -0.2) is 52.7 Å². The largest absolute Gasteiger partial charge is 0.393 e. The van der Waals surface area contributed by atoms with E-state index >= 15 is 0 Å². The first-order valence-corrected chi connectivity index (χ1v) is 15.7. The molecule has 4 nitrogen and oxygen atoms in total. The number of hydrogen-bond donors (Lipinski definition) is 2. The molecule has 3 saturated carbocycles. The van der Waals surface area contributed by atoms with Gasteiger partial charge in [0.15, 0.2) is 5.78 Å². The summed E-state index contributed by atoms with van der Waals surface area (Å²) in [6, 6.07) is 4.58. The predicted molar refractivity (Wildman–Crippen MR) is 156 cm³/mol. The number of carbonyl (C=O) groups excluding carboxylic acids is 1. The number of carbonyl (C=O) groups is 1. The summed E-state index contributed by atoms with van der Waals surface area (Å²) < 4.78 is 14.9. The minimum atomic E-state index is -0.839. The maximum atomic E-state index is 14.9. The lowest BCUT2D eigenvalue weighted by Gasteiger charge is -2.71. The summed E-state index contributed by atoms with van der Waals surface area (Å²) in [4.78, 5) is 16.7. The molecule has 218 valence electrons. The number of nitrogens with zero attached hydrogens (tertiary/aromatic N) is 1. The summed E-state index contributed by atoms with van der Waals surface area (Å²) >= 11 is 6.40. The molecule has 1 aromatic rings. The van der Waals surface area contributed by atoms with Gasteiger partial charge in [0, 0.05) is 45.4 Å². The van der Waals surface area contributed by atoms with E-state index in [1.165, 1.54) is 6.07 Å². The van der Waals surface area contributed by atoms with E-state index in [2.05, 4.69) is 50.9 Å². The van der Waals surface area contributed by atoms with Gasteiger partial charge in [-0.1, -0.05) is 56.7 Å². The van der Waals surface area contributed by atoms with Crippen LogP contribution in [0.2, 0.25) is 5.02 Å². The zero-order valence-corrected chi connectivity index (χ0v) is 25.2. The summed E-state index contributed by atoms with van der Waals surface area (Å²) in [5.74, 6) is -0.203. The number of halogens is 2. The second-order valence-corrected chi connectivity index (χ2v) is 14.8. The number of fused-ring (bicyclic) bond motifs is 1. The monoisotopic (exact) mass is 569 g/mol. The molecule has 6 aliphatic carbocycles. The number of Topliss-reactive ketones (excluding diaryl/α,β-unsaturated/α-hetero) is 1. The van der Waals surface area contributed by atoms with E-state index in [-0.39, 0.29) is 45.5 Å². The molecule has 0 radical (unpaired) electrons. The van der Waals surface area contributed by atoms with Crippen LogP contribution < -0.4 is 0 Å². The van der Waals surface area contributed by atoms with Crippen molar-refractivity contribution < 1.29 is 19.4 Å². The van der Waals surface area contributed by atoms with Crippen molar-refractivity contribution in [3.63, 3.8) is 0 Å². The topological polar surface area (TPSA) is 60.8 Å². The summed E-state index contributed by atoms with van der Waals surface area (Å²) in [6.45, 7) is 8.38. The van der Waals surface area contributed by atoms with Crippen LogP contribution in [0.5, 0.6) is 0 Å². The van der Waals surface area contributed by atoms with Crippen molar-refractivity contribution in [3.8, 4) is 0 Å². The van der Waals surface area contributed by atoms with Crippen molar-refractivity contribution in [1.82, 2.24) is 4.90 Å². The molecule has 40 heavy (non-hydrogen) atoms. The van der Waals surface area contributed by atoms with Crippen molar-refractivity contribution in [3.05, 3.63) is 58.4 Å². The van der Waals surface area contributed by atoms with Crippen LogP contribution in [0.15, 0.2) is 42.0 Å². The second kappa shape index (κ2) is 9.49. The lowest BCUT2D eigenvalue weighted by molar-refractivity contribution is -0.178. The molecule has 3 fully saturated rings. The average molecular weight is 570 g/mol. The highest BCUT2D eigenvalue weighted by Crippen LogP contribution is 2.78. The summed E-state index contributed by atoms with van der Waals surface area (Å²) in [5, 5.41) is 23.5. The number of rotatable bonds is 7. The Hall–Kier alpha value is -1.53. The van der Waals surface area contributed by atoms with E-state index in [0.29, 0.717) is 19.4 Å². The third-order valence-electron chi connectivity index (χ3n) is 12.5. The maximum Gasteiger partial charge on any atom is 0.164 e. The third-order valence-corrected chi connectivity index (χ3v) is 12.9. The zero-order valence-electron chi connectivity index (χ0n) is 24.5. The van der Waals surface area contributed by atoms with Gasteiger partial charge in [-0.15, -0.1) is 0 Å². The summed E-state index contributed by atoms with van der Waals surface area (Å²) in [7, 11) is 2.10. The second-order valence-electron chi connectivity index (χ2n) is 14.3. The molecule has 0 aliphatic heterocycles. The number of likely N-dealkylation sites (N-methyl/N-ethyl adjacent to an activating group) is 1. The van der Waals surface area contributed by atoms with Gasteiger partial charge in [-0.2, -0.15) is 0 Å². The molecule has 0 amide bonds. The number of hydrogen-bond acceptors (Lipinski definition) is 4. The van der Waals surface area contributed by atoms with E-state index in [1.54, 1.807) is 12.1 Å². The Morgan fingerprint density at radius 2 is 1.80 bits per heavy atom. The quantitative estimate of drug-likeness (QED) is 0.367. The first kappa shape index (κ1) is 28.6. The molecule has 8 atom stereocenters. The van der Waals surface area contributed by atoms with Gasteiger partial charge in [-0.25, -0.2) is 4.39 Å². The number of benzene rings is 1. The van der Waals surface area contributed by atoms with Gasteiger partial charge in [-0.05, 0) is 94.3 Å². The van der Waals surface area contributed by atoms with E-state index in [9.17, 15) is 19.4 Å². The van der Waals surface area contributed by atoms with Crippen molar-refractivity contribution in [2.24, 2.45) is 33.5 Å². The SMILES string of the molecule is CCCN(C)C[C@]1(O)CC[C@H]2[C@]34C=C[C@@]5(C=C3C(=O)Cc3c(F)cccc3Cl)CC(O)CC[C@]5(C)[C@H]4CC[C@@]21C. The lowest BCUT2D eigenvalue weighted by Crippen LogP contribution is -2.67. The third kappa shape index (κ3) is 3.69. The first-order chi connectivity index (χ1) is 18.9. The van der Waals surface area contributed by atoms with Gasteiger partial charge < -0.3 is 15.1 Å². The zero-order chi connectivity index (χ0) is 28.7. The number of allylic oxidation sites excluding steroid dienone is 4. The molecule has 1 aromatic carbocycles. The Morgan fingerprint density at radius 1 is 1.10 bits per heavy atom. The fourth-order valence-corrected chi connectivity index (χ4v) is 10.8. The van der Waals surface area contributed by atoms with Gasteiger partial charge >= 0.3 is 0 Å². The highest BCUT2D eigenvalue weighted by atomic mass is 35.5. The van der Waals surface area contributed by atoms with Gasteiger partial charge in [0.2, 0.25) is 0 Å². The van der Waals surface area contributed by atoms with E-state index < -0.39 is 28.4 Å². The van der Waals surface area contributed by atoms with E-state index in [0.717, 1.165) is 50.6 Å². The summed E-state index contributed by atoms with van der Waals surface area (Å²) in [6.07, 6.45) is 13.1. The molecular formula is C34H45ClFNO3. The van der Waals surface area contributed by atoms with Crippen LogP contribution in [0, 0.1) is 39.3 Å². The lowest BCUT2D eigenvalue weighted by atomic mass is 9.32. The molecule has 0 saturated heterocycles. The van der Waals surface area contributed by atoms with Gasteiger partial charge in [0.25, 0.3) is 0 Å². The Morgan fingerprint density at radius 3 is 2.52 bits per heavy atom. The molecule has 2 spiro atoms. The Kier molecular flexibility index (Phi) is 6.78. The molecule has 1 unspecified atom stereocenters. The predicted octanol–water partition coefficient (Wildman–Crippen LogP) is 6.52. The summed E-state index contributed by atoms with van der Waals surface area (Å²) in [5.41, 5.74) is -1.17. The van der Waals surface area contributed by atoms with Crippen LogP contribution in [0.1, 0.15) is 77.7 Å². The minimum absolute atomic E-state index is 0.0781. The Labute approximate surface area is 243 Å². The van der Waals surface area contributed by atoms with Crippen LogP contribution >= 0.6 is 11.6 Å². The van der Waals surface area contributed by atoms with Gasteiger partial charge in [0.05, 0.1) is 11.7 Å². The highest BCUT2D eigenvalue weighted by molar-refractivity contribution is 6.31. The normalized spacial score (nSPS) is 43.3. The fourth-order valence-electron chi connectivity index (χ4n) is 10.5.